The number of aryl methyl sites for hydroxylation is 1. The van der Waals surface area contributed by atoms with Gasteiger partial charge in [0.2, 0.25) is 17.1 Å². The van der Waals surface area contributed by atoms with Gasteiger partial charge in [0, 0.05) is 32.5 Å². The highest BCUT2D eigenvalue weighted by molar-refractivity contribution is 7.99. The second-order valence-electron chi connectivity index (χ2n) is 4.30. The van der Waals surface area contributed by atoms with Crippen molar-refractivity contribution in [1.29, 1.82) is 0 Å². The topological polar surface area (TPSA) is 95.0 Å². The van der Waals surface area contributed by atoms with E-state index in [1.165, 1.54) is 11.8 Å². The molecule has 0 unspecified atom stereocenters. The Morgan fingerprint density at radius 2 is 2.05 bits per heavy atom. The Morgan fingerprint density at radius 3 is 2.75 bits per heavy atom. The van der Waals surface area contributed by atoms with Crippen LogP contribution in [0.3, 0.4) is 0 Å². The Kier molecular flexibility index (Phi) is 3.70. The Morgan fingerprint density at radius 1 is 1.25 bits per heavy atom. The molecule has 20 heavy (non-hydrogen) atoms. The fourth-order valence-electron chi connectivity index (χ4n) is 1.84. The Hall–Kier alpha value is -1.87. The molecule has 1 saturated heterocycles. The molecule has 0 radical (unpaired) electrons. The smallest absolute Gasteiger partial charge is 0.231 e. The molecule has 0 aromatic carbocycles. The first-order valence-corrected chi connectivity index (χ1v) is 7.03. The molecule has 0 saturated carbocycles. The quantitative estimate of drug-likeness (QED) is 0.856. The summed E-state index contributed by atoms with van der Waals surface area (Å²) >= 11 is 1.36. The van der Waals surface area contributed by atoms with Gasteiger partial charge in [-0.1, -0.05) is 0 Å². The minimum Gasteiger partial charge on any atom is -0.378 e. The van der Waals surface area contributed by atoms with E-state index < -0.39 is 0 Å². The number of nitrogen functional groups attached to an aromatic ring is 1. The number of rotatable bonds is 3. The molecule has 0 spiro atoms. The maximum atomic E-state index is 5.77. The third kappa shape index (κ3) is 2.83. The van der Waals surface area contributed by atoms with E-state index >= 15 is 0 Å². The molecule has 2 aromatic rings. The molecule has 9 heteroatoms. The van der Waals surface area contributed by atoms with Gasteiger partial charge in [0.25, 0.3) is 0 Å². The lowest BCUT2D eigenvalue weighted by Gasteiger charge is -2.26. The van der Waals surface area contributed by atoms with Crippen LogP contribution >= 0.6 is 11.8 Å². The number of anilines is 2. The molecule has 106 valence electrons. The van der Waals surface area contributed by atoms with Crippen molar-refractivity contribution in [3.8, 4) is 0 Å². The van der Waals surface area contributed by atoms with Gasteiger partial charge in [-0.15, -0.1) is 0 Å². The number of morpholine rings is 1. The summed E-state index contributed by atoms with van der Waals surface area (Å²) < 4.78 is 7.22. The van der Waals surface area contributed by atoms with Crippen LogP contribution < -0.4 is 10.6 Å². The van der Waals surface area contributed by atoms with Gasteiger partial charge >= 0.3 is 0 Å². The number of hydrogen-bond acceptors (Lipinski definition) is 8. The summed E-state index contributed by atoms with van der Waals surface area (Å²) in [7, 11) is 1.92. The van der Waals surface area contributed by atoms with Crippen molar-refractivity contribution in [3.63, 3.8) is 0 Å². The van der Waals surface area contributed by atoms with Crippen LogP contribution in [0.25, 0.3) is 0 Å². The first-order chi connectivity index (χ1) is 9.72. The number of hydrogen-bond donors (Lipinski definition) is 1. The van der Waals surface area contributed by atoms with Crippen LogP contribution in [0.1, 0.15) is 0 Å². The molecule has 0 bridgehead atoms. The van der Waals surface area contributed by atoms with E-state index in [2.05, 4.69) is 19.9 Å². The molecule has 0 atom stereocenters. The van der Waals surface area contributed by atoms with Crippen molar-refractivity contribution in [3.05, 3.63) is 12.4 Å². The highest BCUT2D eigenvalue weighted by Crippen LogP contribution is 2.24. The molecule has 8 nitrogen and oxygen atoms in total. The predicted octanol–water partition coefficient (Wildman–Crippen LogP) is 0.175. The zero-order valence-corrected chi connectivity index (χ0v) is 11.9. The molecular weight excluding hydrogens is 278 g/mol. The highest BCUT2D eigenvalue weighted by atomic mass is 32.2. The third-order valence-corrected chi connectivity index (χ3v) is 3.81. The zero-order chi connectivity index (χ0) is 13.9. The summed E-state index contributed by atoms with van der Waals surface area (Å²) in [6.07, 6.45) is 3.60. The van der Waals surface area contributed by atoms with E-state index in [4.69, 9.17) is 10.5 Å². The molecule has 1 aliphatic rings. The molecule has 3 rings (SSSR count). The van der Waals surface area contributed by atoms with Crippen LogP contribution in [-0.2, 0) is 11.8 Å². The molecule has 0 amide bonds. The number of nitrogens with zero attached hydrogens (tertiary/aromatic N) is 6. The van der Waals surface area contributed by atoms with Crippen LogP contribution in [0.5, 0.6) is 0 Å². The van der Waals surface area contributed by atoms with Crippen molar-refractivity contribution in [2.24, 2.45) is 7.05 Å². The van der Waals surface area contributed by atoms with E-state index in [9.17, 15) is 0 Å². The van der Waals surface area contributed by atoms with Gasteiger partial charge in [-0.05, 0) is 11.8 Å². The normalized spacial score (nSPS) is 15.6. The second kappa shape index (κ2) is 5.63. The minimum absolute atomic E-state index is 0.221. The monoisotopic (exact) mass is 293 g/mol. The Balaban J connectivity index is 1.84. The number of nitrogens with two attached hydrogens (primary N) is 1. The molecule has 0 aliphatic carbocycles. The standard InChI is InChI=1S/C11H15N7OS/c1-17-3-2-13-11(17)20-10-15-8(12)14-9(16-10)18-4-6-19-7-5-18/h2-3H,4-7H2,1H3,(H2,12,14,15,16). The van der Waals surface area contributed by atoms with Gasteiger partial charge in [-0.3, -0.25) is 0 Å². The number of aromatic nitrogens is 5. The van der Waals surface area contributed by atoms with Gasteiger partial charge < -0.3 is 19.9 Å². The number of ether oxygens (including phenoxy) is 1. The van der Waals surface area contributed by atoms with Gasteiger partial charge in [0.05, 0.1) is 13.2 Å². The largest absolute Gasteiger partial charge is 0.378 e. The predicted molar refractivity (Wildman–Crippen MR) is 74.6 cm³/mol. The van der Waals surface area contributed by atoms with Crippen LogP contribution in [0.2, 0.25) is 0 Å². The second-order valence-corrected chi connectivity index (χ2v) is 5.23. The van der Waals surface area contributed by atoms with Gasteiger partial charge in [-0.2, -0.15) is 15.0 Å². The summed E-state index contributed by atoms with van der Waals surface area (Å²) in [4.78, 5) is 19.1. The highest BCUT2D eigenvalue weighted by Gasteiger charge is 2.16. The third-order valence-electron chi connectivity index (χ3n) is 2.87. The molecular formula is C11H15N7OS. The summed E-state index contributed by atoms with van der Waals surface area (Å²) in [5.41, 5.74) is 5.77. The van der Waals surface area contributed by atoms with Crippen LogP contribution in [0.4, 0.5) is 11.9 Å². The SMILES string of the molecule is Cn1ccnc1Sc1nc(N)nc(N2CCOCC2)n1. The first-order valence-electron chi connectivity index (χ1n) is 6.22. The van der Waals surface area contributed by atoms with Crippen molar-refractivity contribution >= 4 is 23.7 Å². The fourth-order valence-corrected chi connectivity index (χ4v) is 2.59. The summed E-state index contributed by atoms with van der Waals surface area (Å²) in [5, 5.41) is 1.36. The van der Waals surface area contributed by atoms with Crippen molar-refractivity contribution in [1.82, 2.24) is 24.5 Å². The lowest BCUT2D eigenvalue weighted by atomic mass is 10.4. The van der Waals surface area contributed by atoms with E-state index in [0.717, 1.165) is 18.2 Å². The molecule has 2 N–H and O–H groups in total. The lowest BCUT2D eigenvalue weighted by molar-refractivity contribution is 0.122. The molecule has 1 aliphatic heterocycles. The fraction of sp³-hybridized carbons (Fsp3) is 0.455. The Bertz CT molecular complexity index is 596. The van der Waals surface area contributed by atoms with E-state index in [0.29, 0.717) is 24.3 Å². The van der Waals surface area contributed by atoms with E-state index in [1.807, 2.05) is 22.7 Å². The first kappa shape index (κ1) is 13.1. The van der Waals surface area contributed by atoms with Crippen molar-refractivity contribution in [2.75, 3.05) is 36.9 Å². The lowest BCUT2D eigenvalue weighted by Crippen LogP contribution is -2.37. The Labute approximate surface area is 120 Å². The van der Waals surface area contributed by atoms with Gasteiger partial charge in [0.15, 0.2) is 5.16 Å². The van der Waals surface area contributed by atoms with Gasteiger partial charge in [-0.25, -0.2) is 4.98 Å². The van der Waals surface area contributed by atoms with E-state index in [1.54, 1.807) is 6.20 Å². The zero-order valence-electron chi connectivity index (χ0n) is 11.1. The average molecular weight is 293 g/mol. The maximum Gasteiger partial charge on any atom is 0.231 e. The van der Waals surface area contributed by atoms with Crippen LogP contribution in [-0.4, -0.2) is 50.8 Å². The van der Waals surface area contributed by atoms with Crippen LogP contribution in [0.15, 0.2) is 22.7 Å². The van der Waals surface area contributed by atoms with Gasteiger partial charge in [0.1, 0.15) is 0 Å². The average Bonchev–Trinajstić information content (AvgIpc) is 2.85. The molecule has 1 fully saturated rings. The molecule has 2 aromatic heterocycles. The molecule has 3 heterocycles. The van der Waals surface area contributed by atoms with E-state index in [-0.39, 0.29) is 5.95 Å². The minimum atomic E-state index is 0.221. The van der Waals surface area contributed by atoms with Crippen molar-refractivity contribution in [2.45, 2.75) is 10.3 Å². The summed E-state index contributed by atoms with van der Waals surface area (Å²) in [6.45, 7) is 2.87. The van der Waals surface area contributed by atoms with Crippen molar-refractivity contribution < 1.29 is 4.74 Å². The summed E-state index contributed by atoms with van der Waals surface area (Å²) in [5.74, 6) is 0.815. The maximum absolute atomic E-state index is 5.77. The van der Waals surface area contributed by atoms with Crippen LogP contribution in [0, 0.1) is 0 Å². The summed E-state index contributed by atoms with van der Waals surface area (Å²) in [6, 6.07) is 0. The number of imidazole rings is 1.